The molecule has 3 fully saturated rings. The molecule has 0 saturated heterocycles. The van der Waals surface area contributed by atoms with Gasteiger partial charge in [-0.2, -0.15) is 5.26 Å². The van der Waals surface area contributed by atoms with Gasteiger partial charge in [-0.05, 0) is 62.2 Å². The van der Waals surface area contributed by atoms with Crippen LogP contribution in [0.1, 0.15) is 71.1 Å². The highest BCUT2D eigenvalue weighted by Crippen LogP contribution is 2.54. The van der Waals surface area contributed by atoms with Crippen molar-refractivity contribution in [3.05, 3.63) is 0 Å². The van der Waals surface area contributed by atoms with E-state index in [1.807, 2.05) is 0 Å². The number of rotatable bonds is 3. The van der Waals surface area contributed by atoms with E-state index in [2.05, 4.69) is 13.0 Å². The number of fused-ring (bicyclic) bond motifs is 2. The Morgan fingerprint density at radius 1 is 1.22 bits per heavy atom. The summed E-state index contributed by atoms with van der Waals surface area (Å²) in [6, 6.07) is 2.77. The van der Waals surface area contributed by atoms with Gasteiger partial charge in [-0.1, -0.05) is 32.6 Å². The molecule has 0 aromatic heterocycles. The third kappa shape index (κ3) is 2.20. The number of nitrogens with zero attached hydrogens (tertiary/aromatic N) is 1. The van der Waals surface area contributed by atoms with Crippen molar-refractivity contribution in [3.8, 4) is 6.07 Å². The normalized spacial score (nSPS) is 47.1. The van der Waals surface area contributed by atoms with Crippen LogP contribution < -0.4 is 0 Å². The Morgan fingerprint density at radius 2 is 2.11 bits per heavy atom. The average Bonchev–Trinajstić information content (AvgIpc) is 3.01. The Morgan fingerprint density at radius 3 is 2.72 bits per heavy atom. The molecule has 0 spiro atoms. The van der Waals surface area contributed by atoms with E-state index in [1.54, 1.807) is 0 Å². The summed E-state index contributed by atoms with van der Waals surface area (Å²) in [4.78, 5) is 0. The van der Waals surface area contributed by atoms with Crippen molar-refractivity contribution in [2.75, 3.05) is 0 Å². The van der Waals surface area contributed by atoms with E-state index in [-0.39, 0.29) is 5.41 Å². The molecule has 1 heteroatoms. The van der Waals surface area contributed by atoms with Crippen LogP contribution in [0.4, 0.5) is 0 Å². The first kappa shape index (κ1) is 12.5. The monoisotopic (exact) mass is 245 g/mol. The molecular formula is C17H27N. The van der Waals surface area contributed by atoms with Crippen molar-refractivity contribution in [1.29, 1.82) is 5.26 Å². The summed E-state index contributed by atoms with van der Waals surface area (Å²) in [6.07, 6.45) is 13.5. The lowest BCUT2D eigenvalue weighted by Gasteiger charge is -2.38. The lowest BCUT2D eigenvalue weighted by atomic mass is 9.64. The van der Waals surface area contributed by atoms with Gasteiger partial charge >= 0.3 is 0 Å². The minimum Gasteiger partial charge on any atom is -0.198 e. The van der Waals surface area contributed by atoms with Crippen molar-refractivity contribution in [2.24, 2.45) is 29.1 Å². The quantitative estimate of drug-likeness (QED) is 0.692. The molecule has 0 aliphatic heterocycles. The van der Waals surface area contributed by atoms with Gasteiger partial charge in [-0.15, -0.1) is 0 Å². The Hall–Kier alpha value is -0.510. The van der Waals surface area contributed by atoms with Gasteiger partial charge in [0.1, 0.15) is 0 Å². The fourth-order valence-electron chi connectivity index (χ4n) is 5.30. The molecule has 3 rings (SSSR count). The maximum absolute atomic E-state index is 9.74. The molecule has 5 unspecified atom stereocenters. The lowest BCUT2D eigenvalue weighted by Crippen LogP contribution is -2.31. The smallest absolute Gasteiger partial charge is 0.0689 e. The van der Waals surface area contributed by atoms with E-state index >= 15 is 0 Å². The van der Waals surface area contributed by atoms with Gasteiger partial charge in [0.05, 0.1) is 11.5 Å². The van der Waals surface area contributed by atoms with E-state index < -0.39 is 0 Å². The number of hydrogen-bond acceptors (Lipinski definition) is 1. The second-order valence-electron chi connectivity index (χ2n) is 7.40. The molecule has 18 heavy (non-hydrogen) atoms. The maximum atomic E-state index is 9.74. The highest BCUT2D eigenvalue weighted by atomic mass is 14.5. The minimum absolute atomic E-state index is 0.0636. The van der Waals surface area contributed by atoms with E-state index in [4.69, 9.17) is 0 Å². The molecule has 0 N–H and O–H groups in total. The summed E-state index contributed by atoms with van der Waals surface area (Å²) in [5, 5.41) is 9.74. The van der Waals surface area contributed by atoms with Crippen molar-refractivity contribution >= 4 is 0 Å². The second kappa shape index (κ2) is 4.87. The van der Waals surface area contributed by atoms with Gasteiger partial charge in [-0.3, -0.25) is 0 Å². The van der Waals surface area contributed by atoms with Crippen LogP contribution in [0, 0.1) is 40.4 Å². The molecule has 3 aliphatic carbocycles. The summed E-state index contributed by atoms with van der Waals surface area (Å²) < 4.78 is 0. The van der Waals surface area contributed by atoms with E-state index in [9.17, 15) is 5.26 Å². The van der Waals surface area contributed by atoms with Crippen molar-refractivity contribution in [3.63, 3.8) is 0 Å². The van der Waals surface area contributed by atoms with E-state index in [0.717, 1.165) is 23.7 Å². The highest BCUT2D eigenvalue weighted by molar-refractivity contribution is 5.05. The predicted octanol–water partition coefficient (Wildman–Crippen LogP) is 4.92. The fourth-order valence-corrected chi connectivity index (χ4v) is 5.30. The van der Waals surface area contributed by atoms with Gasteiger partial charge in [0.15, 0.2) is 0 Å². The van der Waals surface area contributed by atoms with Crippen LogP contribution in [0.25, 0.3) is 0 Å². The average molecular weight is 245 g/mol. The minimum atomic E-state index is 0.0636. The zero-order valence-electron chi connectivity index (χ0n) is 11.8. The van der Waals surface area contributed by atoms with E-state index in [1.165, 1.54) is 64.2 Å². The Balaban J connectivity index is 1.67. The maximum Gasteiger partial charge on any atom is 0.0689 e. The highest BCUT2D eigenvalue weighted by Gasteiger charge is 2.45. The molecule has 0 heterocycles. The van der Waals surface area contributed by atoms with Crippen molar-refractivity contribution in [1.82, 2.24) is 0 Å². The summed E-state index contributed by atoms with van der Waals surface area (Å²) in [7, 11) is 0. The van der Waals surface area contributed by atoms with Crippen LogP contribution in [0.2, 0.25) is 0 Å². The van der Waals surface area contributed by atoms with Gasteiger partial charge in [0, 0.05) is 0 Å². The van der Waals surface area contributed by atoms with Crippen LogP contribution in [-0.2, 0) is 0 Å². The van der Waals surface area contributed by atoms with Crippen molar-refractivity contribution in [2.45, 2.75) is 71.1 Å². The molecule has 3 saturated carbocycles. The summed E-state index contributed by atoms with van der Waals surface area (Å²) >= 11 is 0. The largest absolute Gasteiger partial charge is 0.198 e. The van der Waals surface area contributed by atoms with Crippen molar-refractivity contribution < 1.29 is 0 Å². The van der Waals surface area contributed by atoms with Gasteiger partial charge in [0.2, 0.25) is 0 Å². The molecule has 3 aliphatic rings. The molecule has 100 valence electrons. The van der Waals surface area contributed by atoms with Crippen LogP contribution in [0.5, 0.6) is 0 Å². The molecule has 0 aromatic rings. The molecule has 5 atom stereocenters. The summed E-state index contributed by atoms with van der Waals surface area (Å²) in [6.45, 7) is 2.30. The van der Waals surface area contributed by atoms with Gasteiger partial charge < -0.3 is 0 Å². The topological polar surface area (TPSA) is 23.8 Å². The Bertz CT molecular complexity index is 342. The Kier molecular flexibility index (Phi) is 3.39. The summed E-state index contributed by atoms with van der Waals surface area (Å²) in [5.41, 5.74) is 0.0636. The molecule has 0 aromatic carbocycles. The third-order valence-corrected chi connectivity index (χ3v) is 6.30. The van der Waals surface area contributed by atoms with Crippen LogP contribution >= 0.6 is 0 Å². The molecule has 0 amide bonds. The van der Waals surface area contributed by atoms with Gasteiger partial charge in [-0.25, -0.2) is 0 Å². The third-order valence-electron chi connectivity index (χ3n) is 6.30. The van der Waals surface area contributed by atoms with Crippen LogP contribution in [0.15, 0.2) is 0 Å². The first-order chi connectivity index (χ1) is 8.74. The van der Waals surface area contributed by atoms with Crippen LogP contribution in [-0.4, -0.2) is 0 Å². The molecule has 0 radical (unpaired) electrons. The zero-order chi connectivity index (χ0) is 12.6. The zero-order valence-corrected chi connectivity index (χ0v) is 11.8. The Labute approximate surface area is 112 Å². The first-order valence-corrected chi connectivity index (χ1v) is 8.16. The second-order valence-corrected chi connectivity index (χ2v) is 7.40. The molecule has 1 nitrogen and oxygen atoms in total. The summed E-state index contributed by atoms with van der Waals surface area (Å²) in [5.74, 6) is 3.75. The fraction of sp³-hybridized carbons (Fsp3) is 0.941. The molecule has 2 bridgehead atoms. The first-order valence-electron chi connectivity index (χ1n) is 8.16. The lowest BCUT2D eigenvalue weighted by molar-refractivity contribution is 0.136. The number of hydrogen-bond donors (Lipinski definition) is 0. The van der Waals surface area contributed by atoms with Gasteiger partial charge in [0.25, 0.3) is 0 Å². The van der Waals surface area contributed by atoms with E-state index in [0.29, 0.717) is 0 Å². The number of nitriles is 1. The molecular weight excluding hydrogens is 218 g/mol. The standard InChI is InChI=1S/C17H27N/c1-2-13-4-3-7-17(10-13,12-18)11-16-9-14-5-6-15(16)8-14/h13-16H,2-11H2,1H3. The SMILES string of the molecule is CCC1CCCC(C#N)(CC2CC3CCC2C3)C1. The van der Waals surface area contributed by atoms with Crippen LogP contribution in [0.3, 0.4) is 0 Å². The predicted molar refractivity (Wildman–Crippen MR) is 73.9 cm³/mol.